The van der Waals surface area contributed by atoms with Crippen molar-refractivity contribution in [2.24, 2.45) is 5.41 Å². The van der Waals surface area contributed by atoms with E-state index in [1.54, 1.807) is 30.6 Å². The Bertz CT molecular complexity index is 1130. The Labute approximate surface area is 182 Å². The van der Waals surface area contributed by atoms with Gasteiger partial charge in [0.25, 0.3) is 5.91 Å². The quantitative estimate of drug-likeness (QED) is 0.583. The number of aromatic nitrogens is 3. The topological polar surface area (TPSA) is 117 Å². The smallest absolute Gasteiger partial charge is 0.253 e. The standard InChI is InChI=1S/C21H24N6O3S/c28-20(16-3-1-15(2-4-16)11-25-31(29)30)27-10-9-26(12-21(13-27)6-7-21)19-17-5-8-22-18(17)23-14-24-19/h1-5,8,14,25H,6-7,9-13H2,(H,29,30)(H,22,23,24)/p-1. The number of rotatable bonds is 5. The number of nitrogens with one attached hydrogen (secondary N) is 2. The average Bonchev–Trinajstić information content (AvgIpc) is 3.42. The largest absolute Gasteiger partial charge is 0.760 e. The normalized spacial score (nSPS) is 18.9. The molecule has 2 fully saturated rings. The van der Waals surface area contributed by atoms with Crippen LogP contribution in [0.25, 0.3) is 11.0 Å². The lowest BCUT2D eigenvalue weighted by atomic mass is 10.1. The third-order valence-corrected chi connectivity index (χ3v) is 6.54. The van der Waals surface area contributed by atoms with Crippen molar-refractivity contribution in [3.8, 4) is 0 Å². The van der Waals surface area contributed by atoms with Gasteiger partial charge in [0.05, 0.1) is 5.39 Å². The predicted molar refractivity (Wildman–Crippen MR) is 116 cm³/mol. The maximum absolute atomic E-state index is 13.2. The molecule has 1 saturated carbocycles. The summed E-state index contributed by atoms with van der Waals surface area (Å²) in [7, 11) is 0. The van der Waals surface area contributed by atoms with Gasteiger partial charge in [-0.15, -0.1) is 0 Å². The van der Waals surface area contributed by atoms with E-state index in [1.165, 1.54) is 0 Å². The molecule has 2 aliphatic rings. The highest BCUT2D eigenvalue weighted by atomic mass is 32.2. The van der Waals surface area contributed by atoms with Crippen molar-refractivity contribution in [2.75, 3.05) is 31.1 Å². The lowest BCUT2D eigenvalue weighted by Crippen LogP contribution is -2.36. The molecule has 1 unspecified atom stereocenters. The van der Waals surface area contributed by atoms with Crippen LogP contribution in [0.4, 0.5) is 5.82 Å². The fraction of sp³-hybridized carbons (Fsp3) is 0.381. The van der Waals surface area contributed by atoms with Gasteiger partial charge in [-0.05, 0) is 36.6 Å². The molecule has 31 heavy (non-hydrogen) atoms. The molecule has 9 nitrogen and oxygen atoms in total. The van der Waals surface area contributed by atoms with E-state index in [4.69, 9.17) is 0 Å². The van der Waals surface area contributed by atoms with Crippen molar-refractivity contribution < 1.29 is 13.6 Å². The monoisotopic (exact) mass is 439 g/mol. The Morgan fingerprint density at radius 3 is 2.71 bits per heavy atom. The highest BCUT2D eigenvalue weighted by molar-refractivity contribution is 7.77. The van der Waals surface area contributed by atoms with Gasteiger partial charge in [-0.25, -0.2) is 14.7 Å². The molecule has 5 rings (SSSR count). The Hall–Kier alpha value is -2.82. The molecule has 10 heteroatoms. The van der Waals surface area contributed by atoms with Crippen LogP contribution < -0.4 is 9.62 Å². The van der Waals surface area contributed by atoms with E-state index in [9.17, 15) is 13.6 Å². The number of aromatic amines is 1. The summed E-state index contributed by atoms with van der Waals surface area (Å²) in [6.07, 6.45) is 5.66. The number of carbonyl (C=O) groups excluding carboxylic acids is 1. The van der Waals surface area contributed by atoms with Crippen molar-refractivity contribution in [1.29, 1.82) is 0 Å². The van der Waals surface area contributed by atoms with Gasteiger partial charge < -0.3 is 19.3 Å². The maximum atomic E-state index is 13.2. The Balaban J connectivity index is 1.33. The van der Waals surface area contributed by atoms with Crippen LogP contribution in [0.2, 0.25) is 0 Å². The number of hydrogen-bond acceptors (Lipinski definition) is 6. The van der Waals surface area contributed by atoms with Crippen molar-refractivity contribution >= 4 is 34.0 Å². The Kier molecular flexibility index (Phi) is 5.20. The molecule has 3 heterocycles. The SMILES string of the molecule is O=C(c1ccc(CNS(=O)[O-])cc1)N1CCN(c2ncnc3[nH]ccc23)CC2(CC2)C1. The van der Waals surface area contributed by atoms with E-state index < -0.39 is 11.3 Å². The van der Waals surface area contributed by atoms with Crippen LogP contribution >= 0.6 is 0 Å². The number of nitrogens with zero attached hydrogens (tertiary/aromatic N) is 4. The maximum Gasteiger partial charge on any atom is 0.253 e. The molecule has 0 radical (unpaired) electrons. The molecule has 1 saturated heterocycles. The molecule has 2 aromatic heterocycles. The van der Waals surface area contributed by atoms with Gasteiger partial charge in [0.1, 0.15) is 17.8 Å². The molecule has 1 spiro atoms. The number of hydrogen-bond donors (Lipinski definition) is 2. The minimum absolute atomic E-state index is 0.00881. The van der Waals surface area contributed by atoms with Gasteiger partial charge in [-0.3, -0.25) is 9.00 Å². The van der Waals surface area contributed by atoms with Crippen LogP contribution in [0.5, 0.6) is 0 Å². The minimum atomic E-state index is -2.30. The van der Waals surface area contributed by atoms with Crippen molar-refractivity contribution in [1.82, 2.24) is 24.6 Å². The molecule has 162 valence electrons. The molecule has 1 aliphatic heterocycles. The summed E-state index contributed by atoms with van der Waals surface area (Å²) in [5.74, 6) is 0.925. The fourth-order valence-corrected chi connectivity index (χ4v) is 4.59. The number of anilines is 1. The molecule has 1 aliphatic carbocycles. The second-order valence-electron chi connectivity index (χ2n) is 8.34. The predicted octanol–water partition coefficient (Wildman–Crippen LogP) is 1.58. The molecule has 1 amide bonds. The molecular weight excluding hydrogens is 416 g/mol. The number of H-pyrrole nitrogens is 1. The van der Waals surface area contributed by atoms with Gasteiger partial charge in [0, 0.05) is 61.2 Å². The first-order valence-electron chi connectivity index (χ1n) is 10.3. The summed E-state index contributed by atoms with van der Waals surface area (Å²) in [5.41, 5.74) is 2.36. The Morgan fingerprint density at radius 2 is 1.97 bits per heavy atom. The van der Waals surface area contributed by atoms with Crippen molar-refractivity contribution in [2.45, 2.75) is 19.4 Å². The van der Waals surface area contributed by atoms with Crippen molar-refractivity contribution in [3.05, 3.63) is 54.0 Å². The number of amides is 1. The van der Waals surface area contributed by atoms with Crippen LogP contribution in [0.15, 0.2) is 42.9 Å². The van der Waals surface area contributed by atoms with Gasteiger partial charge in [-0.1, -0.05) is 12.1 Å². The third-order valence-electron chi connectivity index (χ3n) is 6.16. The minimum Gasteiger partial charge on any atom is -0.760 e. The number of carbonyl (C=O) groups is 1. The lowest BCUT2D eigenvalue weighted by Gasteiger charge is -2.25. The zero-order valence-corrected chi connectivity index (χ0v) is 17.7. The van der Waals surface area contributed by atoms with Gasteiger partial charge >= 0.3 is 0 Å². The number of fused-ring (bicyclic) bond motifs is 1. The van der Waals surface area contributed by atoms with E-state index >= 15 is 0 Å². The molecule has 0 bridgehead atoms. The third kappa shape index (κ3) is 4.18. The van der Waals surface area contributed by atoms with Gasteiger partial charge in [-0.2, -0.15) is 0 Å². The van der Waals surface area contributed by atoms with E-state index in [-0.39, 0.29) is 17.9 Å². The zero-order valence-electron chi connectivity index (χ0n) is 16.9. The summed E-state index contributed by atoms with van der Waals surface area (Å²) in [6, 6.07) is 9.10. The van der Waals surface area contributed by atoms with Crippen LogP contribution in [0.1, 0.15) is 28.8 Å². The molecule has 3 aromatic rings. The Morgan fingerprint density at radius 1 is 1.16 bits per heavy atom. The van der Waals surface area contributed by atoms with Crippen LogP contribution in [0, 0.1) is 5.41 Å². The molecule has 2 N–H and O–H groups in total. The van der Waals surface area contributed by atoms with Crippen LogP contribution in [0.3, 0.4) is 0 Å². The van der Waals surface area contributed by atoms with Crippen molar-refractivity contribution in [3.63, 3.8) is 0 Å². The summed E-state index contributed by atoms with van der Waals surface area (Å²) >= 11 is -2.30. The van der Waals surface area contributed by atoms with E-state index in [0.29, 0.717) is 18.7 Å². The van der Waals surface area contributed by atoms with Gasteiger partial charge in [0.15, 0.2) is 0 Å². The van der Waals surface area contributed by atoms with E-state index in [1.807, 2.05) is 17.2 Å². The summed E-state index contributed by atoms with van der Waals surface area (Å²) in [5, 5.41) is 1.00. The lowest BCUT2D eigenvalue weighted by molar-refractivity contribution is 0.0741. The number of benzene rings is 1. The summed E-state index contributed by atoms with van der Waals surface area (Å²) in [6.45, 7) is 3.16. The molecular formula is C21H23N6O3S-. The highest BCUT2D eigenvalue weighted by Gasteiger charge is 2.48. The first kappa shape index (κ1) is 20.1. The van der Waals surface area contributed by atoms with E-state index in [0.717, 1.165) is 48.3 Å². The summed E-state index contributed by atoms with van der Waals surface area (Å²) in [4.78, 5) is 29.4. The molecule has 1 aromatic carbocycles. The molecule has 1 atom stereocenters. The first-order chi connectivity index (χ1) is 15.0. The summed E-state index contributed by atoms with van der Waals surface area (Å²) < 4.78 is 23.6. The van der Waals surface area contributed by atoms with E-state index in [2.05, 4.69) is 24.6 Å². The fourth-order valence-electron chi connectivity index (χ4n) is 4.31. The van der Waals surface area contributed by atoms with Crippen LogP contribution in [-0.4, -0.2) is 60.7 Å². The van der Waals surface area contributed by atoms with Gasteiger partial charge in [0.2, 0.25) is 0 Å². The average molecular weight is 440 g/mol. The highest BCUT2D eigenvalue weighted by Crippen LogP contribution is 2.48. The second-order valence-corrected chi connectivity index (χ2v) is 9.10. The second kappa shape index (κ2) is 8.03. The van der Waals surface area contributed by atoms with Crippen LogP contribution in [-0.2, 0) is 17.8 Å². The zero-order chi connectivity index (χ0) is 21.4. The first-order valence-corrected chi connectivity index (χ1v) is 11.3.